The van der Waals surface area contributed by atoms with E-state index < -0.39 is 12.1 Å². The van der Waals surface area contributed by atoms with Crippen molar-refractivity contribution in [3.8, 4) is 5.75 Å². The first kappa shape index (κ1) is 18.5. The van der Waals surface area contributed by atoms with Crippen LogP contribution < -0.4 is 10.1 Å². The summed E-state index contributed by atoms with van der Waals surface area (Å²) in [4.78, 5) is 23.8. The van der Waals surface area contributed by atoms with Crippen molar-refractivity contribution < 1.29 is 19.1 Å². The molecule has 0 bridgehead atoms. The molecular formula is C20H23NO4. The predicted octanol–water partition coefficient (Wildman–Crippen LogP) is 2.93. The van der Waals surface area contributed by atoms with E-state index in [4.69, 9.17) is 9.47 Å². The van der Waals surface area contributed by atoms with Crippen LogP contribution in [-0.2, 0) is 20.9 Å². The van der Waals surface area contributed by atoms with E-state index in [2.05, 4.69) is 5.32 Å². The molecule has 1 amide bonds. The largest absolute Gasteiger partial charge is 0.479 e. The Morgan fingerprint density at radius 3 is 2.56 bits per heavy atom. The van der Waals surface area contributed by atoms with Gasteiger partial charge >= 0.3 is 5.97 Å². The maximum Gasteiger partial charge on any atom is 0.347 e. The van der Waals surface area contributed by atoms with Gasteiger partial charge in [-0.25, -0.2) is 4.79 Å². The van der Waals surface area contributed by atoms with Gasteiger partial charge in [0.25, 0.3) is 5.91 Å². The highest BCUT2D eigenvalue weighted by Gasteiger charge is 2.17. The van der Waals surface area contributed by atoms with E-state index in [0.29, 0.717) is 12.3 Å². The number of amides is 1. The normalized spacial score (nSPS) is 11.5. The monoisotopic (exact) mass is 341 g/mol. The summed E-state index contributed by atoms with van der Waals surface area (Å²) in [5.74, 6) is -0.333. The molecule has 1 N–H and O–H groups in total. The van der Waals surface area contributed by atoms with Crippen LogP contribution in [0.15, 0.2) is 48.5 Å². The molecule has 2 aromatic carbocycles. The van der Waals surface area contributed by atoms with Crippen molar-refractivity contribution in [2.75, 3.05) is 6.61 Å². The summed E-state index contributed by atoms with van der Waals surface area (Å²) < 4.78 is 10.5. The number of carbonyl (C=O) groups excluding carboxylic acids is 2. The Kier molecular flexibility index (Phi) is 6.57. The Labute approximate surface area is 148 Å². The molecular weight excluding hydrogens is 318 g/mol. The van der Waals surface area contributed by atoms with Gasteiger partial charge in [0.2, 0.25) is 0 Å². The third kappa shape index (κ3) is 5.95. The molecule has 0 aromatic heterocycles. The first-order chi connectivity index (χ1) is 12.0. The van der Waals surface area contributed by atoms with Gasteiger partial charge in [0.15, 0.2) is 12.7 Å². The number of esters is 1. The van der Waals surface area contributed by atoms with Crippen molar-refractivity contribution in [1.82, 2.24) is 5.32 Å². The fraction of sp³-hybridized carbons (Fsp3) is 0.300. The molecule has 0 fully saturated rings. The molecule has 0 aliphatic heterocycles. The Bertz CT molecular complexity index is 742. The molecule has 0 saturated carbocycles. The highest BCUT2D eigenvalue weighted by Crippen LogP contribution is 2.14. The van der Waals surface area contributed by atoms with Crippen LogP contribution in [0.4, 0.5) is 0 Å². The van der Waals surface area contributed by atoms with Crippen LogP contribution in [-0.4, -0.2) is 24.6 Å². The number of carbonyl (C=O) groups is 2. The highest BCUT2D eigenvalue weighted by molar-refractivity contribution is 5.82. The zero-order valence-corrected chi connectivity index (χ0v) is 14.7. The van der Waals surface area contributed by atoms with Crippen molar-refractivity contribution >= 4 is 11.9 Å². The standard InChI is InChI=1S/C20H23NO4/c1-14-7-6-10-18(11-14)25-16(3)20(23)24-13-19(22)21-12-17-9-5-4-8-15(17)2/h4-11,16H,12-13H2,1-3H3,(H,21,22)/t16-/m1/s1. The molecule has 2 rings (SSSR count). The number of hydrogen-bond donors (Lipinski definition) is 1. The van der Waals surface area contributed by atoms with Gasteiger partial charge < -0.3 is 14.8 Å². The lowest BCUT2D eigenvalue weighted by Gasteiger charge is -2.14. The fourth-order valence-corrected chi connectivity index (χ4v) is 2.25. The molecule has 1 atom stereocenters. The second kappa shape index (κ2) is 8.87. The van der Waals surface area contributed by atoms with Crippen LogP contribution >= 0.6 is 0 Å². The van der Waals surface area contributed by atoms with Crippen molar-refractivity contribution in [1.29, 1.82) is 0 Å². The van der Waals surface area contributed by atoms with Crippen LogP contribution in [0, 0.1) is 13.8 Å². The summed E-state index contributed by atoms with van der Waals surface area (Å²) in [6.07, 6.45) is -0.786. The van der Waals surface area contributed by atoms with E-state index in [1.807, 2.05) is 56.3 Å². The molecule has 0 radical (unpaired) electrons. The SMILES string of the molecule is Cc1cccc(O[C@H](C)C(=O)OCC(=O)NCc2ccccc2C)c1. The fourth-order valence-electron chi connectivity index (χ4n) is 2.25. The molecule has 0 unspecified atom stereocenters. The van der Waals surface area contributed by atoms with Crippen LogP contribution in [0.2, 0.25) is 0 Å². The number of ether oxygens (including phenoxy) is 2. The molecule has 0 saturated heterocycles. The minimum Gasteiger partial charge on any atom is -0.479 e. The van der Waals surface area contributed by atoms with Gasteiger partial charge in [0.05, 0.1) is 0 Å². The summed E-state index contributed by atoms with van der Waals surface area (Å²) in [5.41, 5.74) is 3.16. The van der Waals surface area contributed by atoms with Crippen molar-refractivity contribution in [2.24, 2.45) is 0 Å². The van der Waals surface area contributed by atoms with Gasteiger partial charge in [-0.2, -0.15) is 0 Å². The first-order valence-corrected chi connectivity index (χ1v) is 8.17. The van der Waals surface area contributed by atoms with Gasteiger partial charge in [-0.3, -0.25) is 4.79 Å². The molecule has 5 heteroatoms. The van der Waals surface area contributed by atoms with Crippen molar-refractivity contribution in [3.05, 3.63) is 65.2 Å². The Balaban J connectivity index is 1.75. The summed E-state index contributed by atoms with van der Waals surface area (Å²) in [6.45, 7) is 5.58. The smallest absolute Gasteiger partial charge is 0.347 e. The number of aryl methyl sites for hydroxylation is 2. The average Bonchev–Trinajstić information content (AvgIpc) is 2.59. The van der Waals surface area contributed by atoms with Crippen LogP contribution in [0.5, 0.6) is 5.75 Å². The number of hydrogen-bond acceptors (Lipinski definition) is 4. The van der Waals surface area contributed by atoms with E-state index in [1.165, 1.54) is 0 Å². The molecule has 0 heterocycles. The molecule has 5 nitrogen and oxygen atoms in total. The zero-order chi connectivity index (χ0) is 18.2. The summed E-state index contributed by atoms with van der Waals surface area (Å²) in [7, 11) is 0. The van der Waals surface area contributed by atoms with Gasteiger partial charge in [0, 0.05) is 6.54 Å². The molecule has 25 heavy (non-hydrogen) atoms. The quantitative estimate of drug-likeness (QED) is 0.787. The molecule has 0 aliphatic carbocycles. The summed E-state index contributed by atoms with van der Waals surface area (Å²) in [5, 5.41) is 2.73. The molecule has 0 spiro atoms. The maximum atomic E-state index is 11.9. The zero-order valence-electron chi connectivity index (χ0n) is 14.7. The van der Waals surface area contributed by atoms with Crippen LogP contribution in [0.25, 0.3) is 0 Å². The second-order valence-electron chi connectivity index (χ2n) is 5.89. The highest BCUT2D eigenvalue weighted by atomic mass is 16.6. The summed E-state index contributed by atoms with van der Waals surface area (Å²) in [6, 6.07) is 15.2. The third-order valence-electron chi connectivity index (χ3n) is 3.72. The van der Waals surface area contributed by atoms with E-state index >= 15 is 0 Å². The minimum absolute atomic E-state index is 0.327. The average molecular weight is 341 g/mol. The summed E-state index contributed by atoms with van der Waals surface area (Å²) >= 11 is 0. The lowest BCUT2D eigenvalue weighted by atomic mass is 10.1. The number of benzene rings is 2. The molecule has 2 aromatic rings. The van der Waals surface area contributed by atoms with E-state index in [0.717, 1.165) is 16.7 Å². The molecule has 132 valence electrons. The maximum absolute atomic E-state index is 11.9. The number of nitrogens with one attached hydrogen (secondary N) is 1. The second-order valence-corrected chi connectivity index (χ2v) is 5.89. The Morgan fingerprint density at radius 1 is 1.08 bits per heavy atom. The lowest BCUT2D eigenvalue weighted by Crippen LogP contribution is -2.32. The number of rotatable bonds is 7. The Morgan fingerprint density at radius 2 is 1.84 bits per heavy atom. The van der Waals surface area contributed by atoms with Gasteiger partial charge in [-0.15, -0.1) is 0 Å². The van der Waals surface area contributed by atoms with E-state index in [9.17, 15) is 9.59 Å². The van der Waals surface area contributed by atoms with Crippen molar-refractivity contribution in [3.63, 3.8) is 0 Å². The Hall–Kier alpha value is -2.82. The first-order valence-electron chi connectivity index (χ1n) is 8.17. The topological polar surface area (TPSA) is 64.6 Å². The van der Waals surface area contributed by atoms with Gasteiger partial charge in [0.1, 0.15) is 5.75 Å². The van der Waals surface area contributed by atoms with Crippen LogP contribution in [0.1, 0.15) is 23.6 Å². The van der Waals surface area contributed by atoms with Crippen molar-refractivity contribution in [2.45, 2.75) is 33.4 Å². The van der Waals surface area contributed by atoms with E-state index in [-0.39, 0.29) is 12.5 Å². The van der Waals surface area contributed by atoms with Gasteiger partial charge in [-0.05, 0) is 49.6 Å². The van der Waals surface area contributed by atoms with Gasteiger partial charge in [-0.1, -0.05) is 36.4 Å². The van der Waals surface area contributed by atoms with Crippen LogP contribution in [0.3, 0.4) is 0 Å². The van der Waals surface area contributed by atoms with E-state index in [1.54, 1.807) is 13.0 Å². The molecule has 0 aliphatic rings. The minimum atomic E-state index is -0.786. The third-order valence-corrected chi connectivity index (χ3v) is 3.72. The predicted molar refractivity (Wildman–Crippen MR) is 95.3 cm³/mol. The lowest BCUT2D eigenvalue weighted by molar-refractivity contribution is -0.154.